The molecule has 0 amide bonds. The van der Waals surface area contributed by atoms with Gasteiger partial charge in [-0.3, -0.25) is 9.13 Å². The molecule has 156 valence electrons. The Labute approximate surface area is 165 Å². The Morgan fingerprint density at radius 2 is 2.11 bits per heavy atom. The van der Waals surface area contributed by atoms with Crippen LogP contribution in [0.2, 0.25) is 18.1 Å². The monoisotopic (exact) mass is 429 g/mol. The molecular formula is C16H28N5O5PSi. The molecule has 0 aliphatic carbocycles. The minimum Gasteiger partial charge on any atom is -0.409 e. The van der Waals surface area contributed by atoms with Crippen molar-refractivity contribution >= 4 is 33.6 Å². The number of hydrogen-bond acceptors (Lipinski definition) is 8. The highest BCUT2D eigenvalue weighted by atomic mass is 31.1. The van der Waals surface area contributed by atoms with Gasteiger partial charge in [-0.15, -0.1) is 0 Å². The maximum atomic E-state index is 11.0. The van der Waals surface area contributed by atoms with E-state index in [1.165, 1.54) is 6.33 Å². The van der Waals surface area contributed by atoms with Gasteiger partial charge in [0.05, 0.1) is 25.1 Å². The second-order valence-corrected chi connectivity index (χ2v) is 14.0. The third-order valence-electron chi connectivity index (χ3n) is 5.45. The number of imidazole rings is 1. The van der Waals surface area contributed by atoms with Gasteiger partial charge in [0.2, 0.25) is 0 Å². The summed E-state index contributed by atoms with van der Waals surface area (Å²) in [5, 5.41) is 0.0199. The van der Waals surface area contributed by atoms with Crippen LogP contribution in [0, 0.1) is 0 Å². The third-order valence-corrected chi connectivity index (χ3v) is 10.4. The summed E-state index contributed by atoms with van der Waals surface area (Å²) in [6, 6.07) is 0. The molecule has 0 spiro atoms. The van der Waals surface area contributed by atoms with Crippen molar-refractivity contribution in [1.29, 1.82) is 0 Å². The van der Waals surface area contributed by atoms with E-state index >= 15 is 0 Å². The largest absolute Gasteiger partial charge is 0.409 e. The van der Waals surface area contributed by atoms with Crippen molar-refractivity contribution in [2.45, 2.75) is 63.8 Å². The number of nitrogens with zero attached hydrogens (tertiary/aromatic N) is 4. The zero-order chi connectivity index (χ0) is 20.7. The van der Waals surface area contributed by atoms with Crippen molar-refractivity contribution in [2.75, 3.05) is 12.3 Å². The molecule has 4 atom stereocenters. The lowest BCUT2D eigenvalue weighted by molar-refractivity contribution is -0.0431. The minimum absolute atomic E-state index is 0.0198. The maximum absolute atomic E-state index is 11.0. The molecule has 0 bridgehead atoms. The van der Waals surface area contributed by atoms with Gasteiger partial charge < -0.3 is 24.3 Å². The molecule has 2 aromatic rings. The fourth-order valence-electron chi connectivity index (χ4n) is 2.95. The van der Waals surface area contributed by atoms with E-state index in [1.54, 1.807) is 10.9 Å². The van der Waals surface area contributed by atoms with Crippen LogP contribution in [-0.4, -0.2) is 51.5 Å². The molecule has 28 heavy (non-hydrogen) atoms. The van der Waals surface area contributed by atoms with Crippen LogP contribution >= 0.6 is 8.25 Å². The Morgan fingerprint density at radius 3 is 2.75 bits per heavy atom. The van der Waals surface area contributed by atoms with Crippen LogP contribution < -0.4 is 5.73 Å². The van der Waals surface area contributed by atoms with Crippen LogP contribution in [0.5, 0.6) is 0 Å². The molecule has 0 aromatic carbocycles. The molecule has 0 radical (unpaired) electrons. The first kappa shape index (κ1) is 21.3. The topological polar surface area (TPSA) is 135 Å². The average molecular weight is 429 g/mol. The van der Waals surface area contributed by atoms with E-state index in [4.69, 9.17) is 24.3 Å². The molecule has 1 aliphatic rings. The normalized spacial score (nSPS) is 24.7. The molecular weight excluding hydrogens is 401 g/mol. The lowest BCUT2D eigenvalue weighted by Gasteiger charge is -2.39. The number of ether oxygens (including phenoxy) is 1. The predicted octanol–water partition coefficient (Wildman–Crippen LogP) is 2.48. The molecule has 2 unspecified atom stereocenters. The average Bonchev–Trinajstić information content (AvgIpc) is 3.16. The second kappa shape index (κ2) is 7.81. The van der Waals surface area contributed by atoms with Gasteiger partial charge in [-0.25, -0.2) is 15.0 Å². The van der Waals surface area contributed by atoms with Crippen LogP contribution in [0.4, 0.5) is 5.82 Å². The van der Waals surface area contributed by atoms with Gasteiger partial charge in [-0.05, 0) is 18.1 Å². The number of aromatic nitrogens is 4. The van der Waals surface area contributed by atoms with Gasteiger partial charge in [0.1, 0.15) is 11.8 Å². The summed E-state index contributed by atoms with van der Waals surface area (Å²) in [5.74, 6) is 0.294. The molecule has 10 nitrogen and oxygen atoms in total. The Bertz CT molecular complexity index is 871. The van der Waals surface area contributed by atoms with Crippen molar-refractivity contribution < 1.29 is 23.1 Å². The Morgan fingerprint density at radius 1 is 1.39 bits per heavy atom. The number of anilines is 1. The van der Waals surface area contributed by atoms with Gasteiger partial charge in [0.15, 0.2) is 26.0 Å². The third kappa shape index (κ3) is 4.29. The molecule has 3 heterocycles. The molecule has 3 rings (SSSR count). The van der Waals surface area contributed by atoms with E-state index in [0.29, 0.717) is 23.4 Å². The van der Waals surface area contributed by atoms with Crippen LogP contribution in [-0.2, 0) is 18.3 Å². The maximum Gasteiger partial charge on any atom is 0.316 e. The Hall–Kier alpha value is -1.36. The van der Waals surface area contributed by atoms with E-state index in [2.05, 4.69) is 48.8 Å². The summed E-state index contributed by atoms with van der Waals surface area (Å²) in [4.78, 5) is 21.6. The van der Waals surface area contributed by atoms with Crippen molar-refractivity contribution in [3.63, 3.8) is 0 Å². The number of nitrogen functional groups attached to an aromatic ring is 1. The molecule has 3 N–H and O–H groups in total. The number of rotatable bonds is 6. The highest BCUT2D eigenvalue weighted by molar-refractivity contribution is 7.32. The fourth-order valence-corrected chi connectivity index (χ4v) is 4.60. The highest BCUT2D eigenvalue weighted by Gasteiger charge is 2.45. The summed E-state index contributed by atoms with van der Waals surface area (Å²) < 4.78 is 30.4. The first-order valence-electron chi connectivity index (χ1n) is 9.11. The van der Waals surface area contributed by atoms with Crippen molar-refractivity contribution in [3.05, 3.63) is 12.7 Å². The van der Waals surface area contributed by atoms with E-state index < -0.39 is 22.8 Å². The second-order valence-electron chi connectivity index (χ2n) is 8.46. The molecule has 1 fully saturated rings. The quantitative estimate of drug-likeness (QED) is 0.524. The number of nitrogens with two attached hydrogens (primary N) is 1. The Balaban J connectivity index is 1.92. The summed E-state index contributed by atoms with van der Waals surface area (Å²) in [5.41, 5.74) is 6.95. The van der Waals surface area contributed by atoms with Crippen molar-refractivity contribution in [1.82, 2.24) is 19.5 Å². The summed E-state index contributed by atoms with van der Waals surface area (Å²) in [6.07, 6.45) is 2.38. The van der Waals surface area contributed by atoms with Crippen LogP contribution in [0.3, 0.4) is 0 Å². The fraction of sp³-hybridized carbons (Fsp3) is 0.688. The van der Waals surface area contributed by atoms with Crippen molar-refractivity contribution in [3.8, 4) is 0 Å². The molecule has 2 aromatic heterocycles. The number of fused-ring (bicyclic) bond motifs is 1. The summed E-state index contributed by atoms with van der Waals surface area (Å²) >= 11 is 0. The molecule has 1 aliphatic heterocycles. The zero-order valence-electron chi connectivity index (χ0n) is 16.7. The van der Waals surface area contributed by atoms with Gasteiger partial charge >= 0.3 is 8.25 Å². The smallest absolute Gasteiger partial charge is 0.316 e. The van der Waals surface area contributed by atoms with Crippen LogP contribution in [0.1, 0.15) is 33.4 Å². The van der Waals surface area contributed by atoms with Gasteiger partial charge in [-0.2, -0.15) is 0 Å². The summed E-state index contributed by atoms with van der Waals surface area (Å²) in [7, 11) is -5.12. The highest BCUT2D eigenvalue weighted by Crippen LogP contribution is 2.42. The lowest BCUT2D eigenvalue weighted by Crippen LogP contribution is -2.45. The predicted molar refractivity (Wildman–Crippen MR) is 108 cm³/mol. The number of hydrogen-bond donors (Lipinski definition) is 2. The minimum atomic E-state index is -3.03. The molecule has 0 saturated carbocycles. The molecule has 12 heteroatoms. The van der Waals surface area contributed by atoms with Crippen molar-refractivity contribution in [2.24, 2.45) is 0 Å². The first-order valence-corrected chi connectivity index (χ1v) is 13.3. The zero-order valence-corrected chi connectivity index (χ0v) is 18.7. The van der Waals surface area contributed by atoms with E-state index in [0.717, 1.165) is 0 Å². The van der Waals surface area contributed by atoms with Gasteiger partial charge in [0.25, 0.3) is 0 Å². The lowest BCUT2D eigenvalue weighted by atomic mass is 10.2. The SMILES string of the molecule is CC(C)(C)[Si](C)(C)OC1C[C@@H](CO[PH](=O)O)O[C@H]1n1cnc2c(N)ncnc21. The van der Waals surface area contributed by atoms with Crippen LogP contribution in [0.15, 0.2) is 12.7 Å². The Kier molecular flexibility index (Phi) is 5.95. The van der Waals surface area contributed by atoms with E-state index in [-0.39, 0.29) is 23.9 Å². The summed E-state index contributed by atoms with van der Waals surface area (Å²) in [6.45, 7) is 10.9. The van der Waals surface area contributed by atoms with Gasteiger partial charge in [-0.1, -0.05) is 20.8 Å². The standard InChI is InChI=1S/C16H28N5O5PSi/c1-16(2,3)28(4,5)26-11-6-10(7-24-27(22)23)25-15(11)21-9-20-12-13(17)18-8-19-14(12)21/h8-11,15,27H,6-7H2,1-5H3,(H,22,23)(H2,17,18,19)/t10-,11?,15+/m0/s1. The first-order chi connectivity index (χ1) is 13.0. The van der Waals surface area contributed by atoms with E-state index in [1.807, 2.05) is 0 Å². The molecule has 1 saturated heterocycles. The van der Waals surface area contributed by atoms with Crippen LogP contribution in [0.25, 0.3) is 11.2 Å². The van der Waals surface area contributed by atoms with E-state index in [9.17, 15) is 4.57 Å². The van der Waals surface area contributed by atoms with Gasteiger partial charge in [0, 0.05) is 6.42 Å².